The molecule has 2 aromatic carbocycles. The monoisotopic (exact) mass is 497 g/mol. The fourth-order valence-corrected chi connectivity index (χ4v) is 4.73. The number of aryl methyl sites for hydroxylation is 2. The molecule has 4 rings (SSSR count). The molecule has 2 heterocycles. The molecule has 188 valence electrons. The van der Waals surface area contributed by atoms with Crippen molar-refractivity contribution in [3.63, 3.8) is 0 Å². The van der Waals surface area contributed by atoms with E-state index >= 15 is 0 Å². The number of ether oxygens (including phenoxy) is 1. The predicted molar refractivity (Wildman–Crippen MR) is 142 cm³/mol. The van der Waals surface area contributed by atoms with Crippen molar-refractivity contribution in [2.24, 2.45) is 0 Å². The highest BCUT2D eigenvalue weighted by Gasteiger charge is 2.18. The lowest BCUT2D eigenvalue weighted by atomic mass is 10.2. The van der Waals surface area contributed by atoms with E-state index in [1.165, 1.54) is 5.69 Å². The van der Waals surface area contributed by atoms with Crippen LogP contribution in [0.4, 0.5) is 5.69 Å². The molecule has 0 bridgehead atoms. The number of para-hydroxylation sites is 1. The van der Waals surface area contributed by atoms with E-state index in [-0.39, 0.29) is 5.69 Å². The third kappa shape index (κ3) is 7.12. The van der Waals surface area contributed by atoms with E-state index in [1.807, 2.05) is 53.1 Å². The number of benzene rings is 2. The molecule has 1 fully saturated rings. The largest absolute Gasteiger partial charge is 0.494 e. The van der Waals surface area contributed by atoms with Crippen LogP contribution in [-0.4, -0.2) is 58.6 Å². The number of anilines is 1. The Labute approximate surface area is 212 Å². The van der Waals surface area contributed by atoms with Crippen molar-refractivity contribution in [1.29, 1.82) is 0 Å². The molecule has 0 radical (unpaired) electrons. The normalized spacial score (nSPS) is 14.4. The average molecular weight is 498 g/mol. The summed E-state index contributed by atoms with van der Waals surface area (Å²) in [6.45, 7) is 9.06. The Morgan fingerprint density at radius 2 is 1.71 bits per heavy atom. The molecular formula is C27H36ClN5O2. The van der Waals surface area contributed by atoms with Crippen molar-refractivity contribution >= 4 is 17.3 Å². The second-order valence-corrected chi connectivity index (χ2v) is 9.39. The molecule has 35 heavy (non-hydrogen) atoms. The number of hydrogen-bond donors (Lipinski definition) is 0. The Morgan fingerprint density at radius 1 is 0.914 bits per heavy atom. The molecule has 8 heteroatoms. The minimum Gasteiger partial charge on any atom is -0.494 e. The van der Waals surface area contributed by atoms with E-state index in [0.29, 0.717) is 19.7 Å². The summed E-state index contributed by atoms with van der Waals surface area (Å²) in [4.78, 5) is 17.8. The number of halogens is 1. The maximum Gasteiger partial charge on any atom is 0.345 e. The zero-order valence-electron chi connectivity index (χ0n) is 20.6. The molecule has 1 aliphatic rings. The van der Waals surface area contributed by atoms with Crippen LogP contribution in [0.15, 0.2) is 59.4 Å². The van der Waals surface area contributed by atoms with Crippen molar-refractivity contribution in [3.8, 4) is 5.75 Å². The van der Waals surface area contributed by atoms with Gasteiger partial charge < -0.3 is 9.64 Å². The second-order valence-electron chi connectivity index (χ2n) is 8.96. The van der Waals surface area contributed by atoms with Crippen LogP contribution in [-0.2, 0) is 19.5 Å². The molecule has 3 aromatic rings. The van der Waals surface area contributed by atoms with Crippen molar-refractivity contribution in [2.45, 2.75) is 45.7 Å². The van der Waals surface area contributed by atoms with E-state index in [0.717, 1.165) is 75.0 Å². The molecule has 0 aliphatic carbocycles. The van der Waals surface area contributed by atoms with E-state index < -0.39 is 0 Å². The number of aromatic nitrogens is 3. The van der Waals surface area contributed by atoms with Gasteiger partial charge >= 0.3 is 5.69 Å². The van der Waals surface area contributed by atoms with Gasteiger partial charge in [0.1, 0.15) is 11.6 Å². The minimum absolute atomic E-state index is 0.0107. The molecule has 0 amide bonds. The van der Waals surface area contributed by atoms with Crippen LogP contribution in [0.3, 0.4) is 0 Å². The SMILES string of the molecule is CCc1nn(CCCCOc2ccccc2)c(=O)n1CCCN1CCN(c2cccc(Cl)c2)CC1. The summed E-state index contributed by atoms with van der Waals surface area (Å²) < 4.78 is 9.24. The van der Waals surface area contributed by atoms with E-state index in [2.05, 4.69) is 27.9 Å². The van der Waals surface area contributed by atoms with E-state index in [4.69, 9.17) is 16.3 Å². The van der Waals surface area contributed by atoms with Crippen LogP contribution in [0.5, 0.6) is 5.75 Å². The van der Waals surface area contributed by atoms with Gasteiger partial charge in [0.15, 0.2) is 0 Å². The average Bonchev–Trinajstić information content (AvgIpc) is 3.19. The number of unbranched alkanes of at least 4 members (excludes halogenated alkanes) is 1. The van der Waals surface area contributed by atoms with E-state index in [1.54, 1.807) is 4.68 Å². The summed E-state index contributed by atoms with van der Waals surface area (Å²) in [6, 6.07) is 17.9. The maximum absolute atomic E-state index is 12.9. The van der Waals surface area contributed by atoms with Gasteiger partial charge in [0, 0.05) is 56.4 Å². The first-order chi connectivity index (χ1) is 17.1. The van der Waals surface area contributed by atoms with Crippen molar-refractivity contribution in [2.75, 3.05) is 44.2 Å². The van der Waals surface area contributed by atoms with Gasteiger partial charge in [0.2, 0.25) is 0 Å². The minimum atomic E-state index is 0.0107. The molecule has 0 spiro atoms. The third-order valence-corrected chi connectivity index (χ3v) is 6.73. The highest BCUT2D eigenvalue weighted by atomic mass is 35.5. The van der Waals surface area contributed by atoms with Crippen LogP contribution < -0.4 is 15.3 Å². The maximum atomic E-state index is 12.9. The number of nitrogens with zero attached hydrogens (tertiary/aromatic N) is 5. The molecule has 7 nitrogen and oxygen atoms in total. The Bertz CT molecular complexity index is 1110. The predicted octanol–water partition coefficient (Wildman–Crippen LogP) is 4.33. The topological polar surface area (TPSA) is 55.5 Å². The van der Waals surface area contributed by atoms with Crippen molar-refractivity contribution < 1.29 is 4.74 Å². The molecule has 1 saturated heterocycles. The first kappa shape index (κ1) is 25.3. The van der Waals surface area contributed by atoms with Crippen LogP contribution in [0.25, 0.3) is 0 Å². The smallest absolute Gasteiger partial charge is 0.345 e. The summed E-state index contributed by atoms with van der Waals surface area (Å²) in [5.41, 5.74) is 1.20. The molecule has 0 unspecified atom stereocenters. The fraction of sp³-hybridized carbons (Fsp3) is 0.481. The third-order valence-electron chi connectivity index (χ3n) is 6.49. The quantitative estimate of drug-likeness (QED) is 0.348. The highest BCUT2D eigenvalue weighted by Crippen LogP contribution is 2.20. The highest BCUT2D eigenvalue weighted by molar-refractivity contribution is 6.30. The number of piperazine rings is 1. The summed E-state index contributed by atoms with van der Waals surface area (Å²) in [5.74, 6) is 1.76. The van der Waals surface area contributed by atoms with Gasteiger partial charge in [-0.1, -0.05) is 42.8 Å². The van der Waals surface area contributed by atoms with Gasteiger partial charge in [-0.15, -0.1) is 0 Å². The summed E-state index contributed by atoms with van der Waals surface area (Å²) in [5, 5.41) is 5.38. The Balaban J connectivity index is 1.19. The number of hydrogen-bond acceptors (Lipinski definition) is 5. The summed E-state index contributed by atoms with van der Waals surface area (Å²) in [7, 11) is 0. The van der Waals surface area contributed by atoms with Gasteiger partial charge in [0.05, 0.1) is 6.61 Å². The van der Waals surface area contributed by atoms with Gasteiger partial charge in [0.25, 0.3) is 0 Å². The Kier molecular flexibility index (Phi) is 9.26. The Morgan fingerprint density at radius 3 is 2.46 bits per heavy atom. The number of rotatable bonds is 12. The standard InChI is InChI=1S/C27H36ClN5O2/c1-2-26-29-33(16-6-7-21-35-25-12-4-3-5-13-25)27(34)32(26)15-9-14-30-17-19-31(20-18-30)24-11-8-10-23(28)22-24/h3-5,8,10-13,22H,2,6-7,9,14-21H2,1H3. The Hall–Kier alpha value is -2.77. The molecule has 0 N–H and O–H groups in total. The van der Waals surface area contributed by atoms with Crippen LogP contribution in [0, 0.1) is 0 Å². The van der Waals surface area contributed by atoms with Gasteiger partial charge in [-0.2, -0.15) is 5.10 Å². The van der Waals surface area contributed by atoms with Gasteiger partial charge in [-0.25, -0.2) is 9.48 Å². The van der Waals surface area contributed by atoms with Gasteiger partial charge in [-0.05, 0) is 56.1 Å². The van der Waals surface area contributed by atoms with Crippen molar-refractivity contribution in [3.05, 3.63) is 75.9 Å². The lowest BCUT2D eigenvalue weighted by Gasteiger charge is -2.36. The van der Waals surface area contributed by atoms with Crippen LogP contribution in [0.1, 0.15) is 32.0 Å². The van der Waals surface area contributed by atoms with Crippen molar-refractivity contribution in [1.82, 2.24) is 19.2 Å². The second kappa shape index (κ2) is 12.8. The zero-order valence-corrected chi connectivity index (χ0v) is 21.4. The molecule has 1 aliphatic heterocycles. The molecular weight excluding hydrogens is 462 g/mol. The van der Waals surface area contributed by atoms with Crippen LogP contribution >= 0.6 is 11.6 Å². The molecule has 0 saturated carbocycles. The zero-order chi connectivity index (χ0) is 24.5. The first-order valence-electron chi connectivity index (χ1n) is 12.7. The lowest BCUT2D eigenvalue weighted by molar-refractivity contribution is 0.249. The summed E-state index contributed by atoms with van der Waals surface area (Å²) in [6.07, 6.45) is 3.46. The lowest BCUT2D eigenvalue weighted by Crippen LogP contribution is -2.46. The van der Waals surface area contributed by atoms with Gasteiger partial charge in [-0.3, -0.25) is 9.47 Å². The fourth-order valence-electron chi connectivity index (χ4n) is 4.54. The summed E-state index contributed by atoms with van der Waals surface area (Å²) >= 11 is 6.15. The molecule has 1 aromatic heterocycles. The van der Waals surface area contributed by atoms with Crippen LogP contribution in [0.2, 0.25) is 5.02 Å². The molecule has 0 atom stereocenters. The first-order valence-corrected chi connectivity index (χ1v) is 13.1. The van der Waals surface area contributed by atoms with E-state index in [9.17, 15) is 4.79 Å².